The number of carbonyl (C=O) groups is 3. The van der Waals surface area contributed by atoms with Crippen molar-refractivity contribution >= 4 is 34.1 Å². The van der Waals surface area contributed by atoms with Crippen LogP contribution in [0.1, 0.15) is 20.9 Å². The van der Waals surface area contributed by atoms with E-state index >= 15 is 0 Å². The van der Waals surface area contributed by atoms with Crippen LogP contribution in [0.25, 0.3) is 0 Å². The lowest BCUT2D eigenvalue weighted by atomic mass is 10.3. The van der Waals surface area contributed by atoms with Crippen molar-refractivity contribution < 1.29 is 23.9 Å². The fraction of sp³-hybridized carbons (Fsp3) is 0.154. The Balaban J connectivity index is 1.97. The topological polar surface area (TPSA) is 99.9 Å². The third kappa shape index (κ3) is 3.48. The molecule has 0 saturated heterocycles. The molecular weight excluding hydrogens is 296 g/mol. The SMILES string of the molecule is CN(CC(=O)Nc1sccc1C(=O)O)C(=O)c1ccco1. The Morgan fingerprint density at radius 1 is 1.38 bits per heavy atom. The van der Waals surface area contributed by atoms with Gasteiger partial charge in [0, 0.05) is 7.05 Å². The van der Waals surface area contributed by atoms with Crippen molar-refractivity contribution in [1.29, 1.82) is 0 Å². The fourth-order valence-electron chi connectivity index (χ4n) is 1.62. The van der Waals surface area contributed by atoms with Crippen LogP contribution in [0.3, 0.4) is 0 Å². The van der Waals surface area contributed by atoms with Crippen LogP contribution in [0.2, 0.25) is 0 Å². The Morgan fingerprint density at radius 2 is 2.14 bits per heavy atom. The van der Waals surface area contributed by atoms with Crippen molar-refractivity contribution in [3.05, 3.63) is 41.2 Å². The number of rotatable bonds is 5. The maximum Gasteiger partial charge on any atom is 0.338 e. The van der Waals surface area contributed by atoms with Crippen molar-refractivity contribution in [3.63, 3.8) is 0 Å². The minimum atomic E-state index is -1.12. The first-order chi connectivity index (χ1) is 9.99. The first-order valence-corrected chi connectivity index (χ1v) is 6.76. The average molecular weight is 308 g/mol. The molecule has 2 heterocycles. The number of hydrogen-bond acceptors (Lipinski definition) is 5. The molecule has 7 nitrogen and oxygen atoms in total. The maximum atomic E-state index is 11.9. The summed E-state index contributed by atoms with van der Waals surface area (Å²) >= 11 is 1.10. The molecule has 0 spiro atoms. The number of thiophene rings is 1. The first kappa shape index (κ1) is 14.8. The van der Waals surface area contributed by atoms with Crippen LogP contribution >= 0.6 is 11.3 Å². The molecule has 8 heteroatoms. The van der Waals surface area contributed by atoms with Crippen LogP contribution in [0.5, 0.6) is 0 Å². The van der Waals surface area contributed by atoms with Crippen molar-refractivity contribution in [2.75, 3.05) is 18.9 Å². The summed E-state index contributed by atoms with van der Waals surface area (Å²) in [6.07, 6.45) is 1.37. The molecule has 0 aromatic carbocycles. The van der Waals surface area contributed by atoms with Crippen LogP contribution in [0.4, 0.5) is 5.00 Å². The van der Waals surface area contributed by atoms with Gasteiger partial charge in [-0.1, -0.05) is 0 Å². The van der Waals surface area contributed by atoms with Crippen molar-refractivity contribution in [1.82, 2.24) is 4.90 Å². The highest BCUT2D eigenvalue weighted by Gasteiger charge is 2.19. The molecule has 2 rings (SSSR count). The van der Waals surface area contributed by atoms with E-state index in [1.807, 2.05) is 0 Å². The number of carboxylic acids is 1. The second kappa shape index (κ2) is 6.23. The molecule has 0 aliphatic rings. The summed E-state index contributed by atoms with van der Waals surface area (Å²) in [4.78, 5) is 35.8. The molecule has 0 bridgehead atoms. The average Bonchev–Trinajstić information content (AvgIpc) is 3.08. The summed E-state index contributed by atoms with van der Waals surface area (Å²) in [7, 11) is 1.46. The second-order valence-corrected chi connectivity index (χ2v) is 5.07. The zero-order valence-corrected chi connectivity index (χ0v) is 11.8. The van der Waals surface area contributed by atoms with E-state index in [4.69, 9.17) is 9.52 Å². The quantitative estimate of drug-likeness (QED) is 0.876. The van der Waals surface area contributed by atoms with Gasteiger partial charge in [0.25, 0.3) is 5.91 Å². The van der Waals surface area contributed by atoms with Gasteiger partial charge in [-0.15, -0.1) is 11.3 Å². The number of amides is 2. The van der Waals surface area contributed by atoms with Gasteiger partial charge in [-0.25, -0.2) is 4.79 Å². The Hall–Kier alpha value is -2.61. The van der Waals surface area contributed by atoms with E-state index in [9.17, 15) is 14.4 Å². The summed E-state index contributed by atoms with van der Waals surface area (Å²) in [6.45, 7) is -0.212. The van der Waals surface area contributed by atoms with Gasteiger partial charge in [-0.2, -0.15) is 0 Å². The number of furan rings is 1. The van der Waals surface area contributed by atoms with Gasteiger partial charge in [-0.3, -0.25) is 9.59 Å². The van der Waals surface area contributed by atoms with E-state index < -0.39 is 17.8 Å². The lowest BCUT2D eigenvalue weighted by Crippen LogP contribution is -2.34. The molecule has 110 valence electrons. The Bertz CT molecular complexity index is 662. The van der Waals surface area contributed by atoms with Gasteiger partial charge in [0.2, 0.25) is 5.91 Å². The maximum absolute atomic E-state index is 11.9. The number of nitrogens with one attached hydrogen (secondary N) is 1. The van der Waals surface area contributed by atoms with Gasteiger partial charge in [-0.05, 0) is 23.6 Å². The third-order valence-electron chi connectivity index (χ3n) is 2.61. The molecule has 0 unspecified atom stereocenters. The molecule has 0 atom stereocenters. The molecule has 0 fully saturated rings. The van der Waals surface area contributed by atoms with E-state index in [1.165, 1.54) is 30.3 Å². The summed E-state index contributed by atoms with van der Waals surface area (Å²) in [5, 5.41) is 13.2. The molecule has 0 aliphatic carbocycles. The summed E-state index contributed by atoms with van der Waals surface area (Å²) in [6, 6.07) is 4.48. The van der Waals surface area contributed by atoms with Crippen molar-refractivity contribution in [3.8, 4) is 0 Å². The molecule has 0 aliphatic heterocycles. The second-order valence-electron chi connectivity index (χ2n) is 4.16. The summed E-state index contributed by atoms with van der Waals surface area (Å²) in [5.74, 6) is -1.90. The van der Waals surface area contributed by atoms with Crippen LogP contribution in [-0.2, 0) is 4.79 Å². The number of anilines is 1. The number of aromatic carboxylic acids is 1. The minimum Gasteiger partial charge on any atom is -0.478 e. The zero-order chi connectivity index (χ0) is 15.4. The van der Waals surface area contributed by atoms with Crippen LogP contribution in [-0.4, -0.2) is 41.4 Å². The Morgan fingerprint density at radius 3 is 2.76 bits per heavy atom. The molecule has 2 N–H and O–H groups in total. The molecule has 0 radical (unpaired) electrons. The van der Waals surface area contributed by atoms with Gasteiger partial charge in [0.15, 0.2) is 5.76 Å². The molecular formula is C13H12N2O5S. The lowest BCUT2D eigenvalue weighted by Gasteiger charge is -2.15. The van der Waals surface area contributed by atoms with E-state index in [-0.39, 0.29) is 22.9 Å². The lowest BCUT2D eigenvalue weighted by molar-refractivity contribution is -0.116. The molecule has 2 aromatic heterocycles. The van der Waals surface area contributed by atoms with Gasteiger partial charge < -0.3 is 19.7 Å². The van der Waals surface area contributed by atoms with Crippen LogP contribution < -0.4 is 5.32 Å². The van der Waals surface area contributed by atoms with Crippen LogP contribution in [0, 0.1) is 0 Å². The van der Waals surface area contributed by atoms with Gasteiger partial charge in [0.05, 0.1) is 18.4 Å². The summed E-state index contributed by atoms with van der Waals surface area (Å²) < 4.78 is 4.96. The zero-order valence-electron chi connectivity index (χ0n) is 11.0. The number of carboxylic acid groups (broad SMARTS) is 1. The number of hydrogen-bond donors (Lipinski definition) is 2. The van der Waals surface area contributed by atoms with E-state index in [0.717, 1.165) is 11.3 Å². The van der Waals surface area contributed by atoms with Gasteiger partial charge >= 0.3 is 5.97 Å². The summed E-state index contributed by atoms with van der Waals surface area (Å²) in [5.41, 5.74) is 0.0216. The van der Waals surface area contributed by atoms with Gasteiger partial charge in [0.1, 0.15) is 5.00 Å². The predicted octanol–water partition coefficient (Wildman–Crippen LogP) is 1.75. The highest BCUT2D eigenvalue weighted by molar-refractivity contribution is 7.14. The normalized spacial score (nSPS) is 10.1. The number of likely N-dealkylation sites (N-methyl/N-ethyl adjacent to an activating group) is 1. The molecule has 0 saturated carbocycles. The standard InChI is InChI=1S/C13H12N2O5S/c1-15(12(17)9-3-2-5-20-9)7-10(16)14-11-8(13(18)19)4-6-21-11/h2-6H,7H2,1H3,(H,14,16)(H,18,19). The first-order valence-electron chi connectivity index (χ1n) is 5.88. The van der Waals surface area contributed by atoms with Crippen LogP contribution in [0.15, 0.2) is 34.3 Å². The number of carbonyl (C=O) groups excluding carboxylic acids is 2. The fourth-order valence-corrected chi connectivity index (χ4v) is 2.41. The number of nitrogens with zero attached hydrogens (tertiary/aromatic N) is 1. The van der Waals surface area contributed by atoms with E-state index in [2.05, 4.69) is 5.32 Å². The van der Waals surface area contributed by atoms with E-state index in [0.29, 0.717) is 0 Å². The smallest absolute Gasteiger partial charge is 0.338 e. The van der Waals surface area contributed by atoms with Crippen molar-refractivity contribution in [2.45, 2.75) is 0 Å². The Kier molecular flexibility index (Phi) is 4.39. The van der Waals surface area contributed by atoms with E-state index in [1.54, 1.807) is 11.4 Å². The third-order valence-corrected chi connectivity index (χ3v) is 3.44. The largest absolute Gasteiger partial charge is 0.478 e. The minimum absolute atomic E-state index is 0.0216. The predicted molar refractivity (Wildman–Crippen MR) is 75.6 cm³/mol. The monoisotopic (exact) mass is 308 g/mol. The molecule has 2 aromatic rings. The van der Waals surface area contributed by atoms with Crippen molar-refractivity contribution in [2.24, 2.45) is 0 Å². The molecule has 2 amide bonds. The highest BCUT2D eigenvalue weighted by atomic mass is 32.1. The molecule has 21 heavy (non-hydrogen) atoms. The highest BCUT2D eigenvalue weighted by Crippen LogP contribution is 2.23. The Labute approximate surface area is 123 Å².